The third-order valence-electron chi connectivity index (χ3n) is 3.11. The van der Waals surface area contributed by atoms with E-state index in [0.717, 1.165) is 25.9 Å². The number of hydrogen-bond donors (Lipinski definition) is 3. The number of carbonyl (C=O) groups is 2. The topological polar surface area (TPSA) is 101 Å². The van der Waals surface area contributed by atoms with Crippen molar-refractivity contribution < 1.29 is 9.59 Å². The molecule has 0 saturated carbocycles. The summed E-state index contributed by atoms with van der Waals surface area (Å²) in [5, 5.41) is 16.0. The lowest BCUT2D eigenvalue weighted by atomic mass is 10.1. The van der Waals surface area contributed by atoms with Gasteiger partial charge in [0.15, 0.2) is 5.69 Å². The molecule has 1 aromatic heterocycles. The first-order chi connectivity index (χ1) is 9.20. The van der Waals surface area contributed by atoms with Crippen LogP contribution in [-0.2, 0) is 4.79 Å². The van der Waals surface area contributed by atoms with Crippen molar-refractivity contribution >= 4 is 11.8 Å². The molecular weight excluding hydrogens is 248 g/mol. The van der Waals surface area contributed by atoms with Crippen molar-refractivity contribution in [3.63, 3.8) is 0 Å². The zero-order valence-electron chi connectivity index (χ0n) is 10.8. The Hall–Kier alpha value is -1.96. The Morgan fingerprint density at radius 2 is 2.21 bits per heavy atom. The van der Waals surface area contributed by atoms with Gasteiger partial charge in [0.1, 0.15) is 0 Å². The Morgan fingerprint density at radius 1 is 1.47 bits per heavy atom. The number of piperidine rings is 1. The molecule has 8 nitrogen and oxygen atoms in total. The van der Waals surface area contributed by atoms with Crippen molar-refractivity contribution in [1.82, 2.24) is 30.9 Å². The van der Waals surface area contributed by atoms with Crippen LogP contribution in [0.15, 0.2) is 6.20 Å². The third kappa shape index (κ3) is 3.50. The minimum absolute atomic E-state index is 0.0600. The summed E-state index contributed by atoms with van der Waals surface area (Å²) in [5.41, 5.74) is 0.238. The fraction of sp³-hybridized carbons (Fsp3) is 0.636. The van der Waals surface area contributed by atoms with E-state index in [0.29, 0.717) is 0 Å². The summed E-state index contributed by atoms with van der Waals surface area (Å²) in [6.07, 6.45) is 3.58. The molecule has 1 aromatic rings. The molecule has 2 rings (SSSR count). The monoisotopic (exact) mass is 266 g/mol. The Balaban J connectivity index is 1.92. The molecule has 0 radical (unpaired) electrons. The summed E-state index contributed by atoms with van der Waals surface area (Å²) in [7, 11) is 1.52. The van der Waals surface area contributed by atoms with E-state index >= 15 is 0 Å². The normalized spacial score (nSPS) is 16.1. The summed E-state index contributed by atoms with van der Waals surface area (Å²) >= 11 is 0. The summed E-state index contributed by atoms with van der Waals surface area (Å²) < 4.78 is 1.73. The van der Waals surface area contributed by atoms with Gasteiger partial charge in [-0.25, -0.2) is 4.68 Å². The Labute approximate surface area is 110 Å². The van der Waals surface area contributed by atoms with E-state index in [1.165, 1.54) is 7.05 Å². The van der Waals surface area contributed by atoms with Crippen LogP contribution in [0.1, 0.15) is 29.4 Å². The predicted molar refractivity (Wildman–Crippen MR) is 67.6 cm³/mol. The van der Waals surface area contributed by atoms with Gasteiger partial charge in [-0.15, -0.1) is 5.10 Å². The molecule has 8 heteroatoms. The smallest absolute Gasteiger partial charge is 0.273 e. The molecule has 0 unspecified atom stereocenters. The quantitative estimate of drug-likeness (QED) is 0.627. The highest BCUT2D eigenvalue weighted by molar-refractivity contribution is 5.94. The predicted octanol–water partition coefficient (Wildman–Crippen LogP) is -1.32. The second kappa shape index (κ2) is 6.28. The van der Waals surface area contributed by atoms with Crippen LogP contribution in [0.2, 0.25) is 0 Å². The minimum Gasteiger partial charge on any atom is -0.358 e. The van der Waals surface area contributed by atoms with Gasteiger partial charge in [-0.2, -0.15) is 0 Å². The van der Waals surface area contributed by atoms with Crippen LogP contribution in [0, 0.1) is 0 Å². The summed E-state index contributed by atoms with van der Waals surface area (Å²) in [6.45, 7) is 1.83. The zero-order valence-corrected chi connectivity index (χ0v) is 10.8. The highest BCUT2D eigenvalue weighted by atomic mass is 16.2. The lowest BCUT2D eigenvalue weighted by Gasteiger charge is -2.22. The average Bonchev–Trinajstić information content (AvgIpc) is 2.95. The number of nitrogens with one attached hydrogen (secondary N) is 3. The molecule has 1 saturated heterocycles. The second-order valence-electron chi connectivity index (χ2n) is 4.42. The van der Waals surface area contributed by atoms with E-state index in [1.54, 1.807) is 10.9 Å². The first-order valence-corrected chi connectivity index (χ1v) is 6.32. The Morgan fingerprint density at radius 3 is 2.89 bits per heavy atom. The van der Waals surface area contributed by atoms with Crippen molar-refractivity contribution in [3.8, 4) is 0 Å². The molecule has 1 fully saturated rings. The van der Waals surface area contributed by atoms with Gasteiger partial charge in [-0.05, 0) is 25.9 Å². The lowest BCUT2D eigenvalue weighted by Crippen LogP contribution is -2.35. The number of carbonyl (C=O) groups excluding carboxylic acids is 2. The SMILES string of the molecule is CNC(=O)CNC(=O)c1cn(C2CCNCC2)nn1. The highest BCUT2D eigenvalue weighted by Gasteiger charge is 2.18. The number of nitrogens with zero attached hydrogens (tertiary/aromatic N) is 3. The van der Waals surface area contributed by atoms with Crippen LogP contribution in [0.25, 0.3) is 0 Å². The fourth-order valence-electron chi connectivity index (χ4n) is 1.97. The van der Waals surface area contributed by atoms with Crippen LogP contribution >= 0.6 is 0 Å². The zero-order chi connectivity index (χ0) is 13.7. The minimum atomic E-state index is -0.385. The van der Waals surface area contributed by atoms with Crippen molar-refractivity contribution in [3.05, 3.63) is 11.9 Å². The average molecular weight is 266 g/mol. The van der Waals surface area contributed by atoms with Crippen molar-refractivity contribution in [2.45, 2.75) is 18.9 Å². The number of amides is 2. The number of hydrogen-bond acceptors (Lipinski definition) is 5. The van der Waals surface area contributed by atoms with Crippen molar-refractivity contribution in [2.24, 2.45) is 0 Å². The molecule has 19 heavy (non-hydrogen) atoms. The van der Waals surface area contributed by atoms with E-state index in [-0.39, 0.29) is 30.1 Å². The van der Waals surface area contributed by atoms with Crippen LogP contribution in [0.4, 0.5) is 0 Å². The maximum atomic E-state index is 11.7. The molecule has 0 aliphatic carbocycles. The molecule has 104 valence electrons. The van der Waals surface area contributed by atoms with E-state index in [2.05, 4.69) is 26.3 Å². The van der Waals surface area contributed by atoms with Gasteiger partial charge in [0.25, 0.3) is 5.91 Å². The second-order valence-corrected chi connectivity index (χ2v) is 4.42. The first kappa shape index (κ1) is 13.5. The maximum Gasteiger partial charge on any atom is 0.273 e. The van der Waals surface area contributed by atoms with Gasteiger partial charge < -0.3 is 16.0 Å². The van der Waals surface area contributed by atoms with Gasteiger partial charge in [-0.1, -0.05) is 5.21 Å². The number of aromatic nitrogens is 3. The van der Waals surface area contributed by atoms with E-state index < -0.39 is 0 Å². The summed E-state index contributed by atoms with van der Waals surface area (Å²) in [6, 6.07) is 0.286. The first-order valence-electron chi connectivity index (χ1n) is 6.32. The molecule has 3 N–H and O–H groups in total. The highest BCUT2D eigenvalue weighted by Crippen LogP contribution is 2.16. The van der Waals surface area contributed by atoms with Crippen LogP contribution in [0.3, 0.4) is 0 Å². The van der Waals surface area contributed by atoms with E-state index in [1.807, 2.05) is 0 Å². The molecule has 1 aliphatic rings. The van der Waals surface area contributed by atoms with Crippen molar-refractivity contribution in [1.29, 1.82) is 0 Å². The lowest BCUT2D eigenvalue weighted by molar-refractivity contribution is -0.119. The molecule has 0 spiro atoms. The summed E-state index contributed by atoms with van der Waals surface area (Å²) in [5.74, 6) is -0.636. The van der Waals surface area contributed by atoms with Gasteiger partial charge >= 0.3 is 0 Å². The summed E-state index contributed by atoms with van der Waals surface area (Å²) in [4.78, 5) is 22.8. The van der Waals surface area contributed by atoms with E-state index in [9.17, 15) is 9.59 Å². The fourth-order valence-corrected chi connectivity index (χ4v) is 1.97. The van der Waals surface area contributed by atoms with Crippen LogP contribution < -0.4 is 16.0 Å². The standard InChI is InChI=1S/C11H18N6O2/c1-12-10(18)6-14-11(19)9-7-17(16-15-9)8-2-4-13-5-3-8/h7-8,13H,2-6H2,1H3,(H,12,18)(H,14,19). The molecule has 2 heterocycles. The Bertz CT molecular complexity index is 452. The molecule has 0 aromatic carbocycles. The largest absolute Gasteiger partial charge is 0.358 e. The molecule has 1 aliphatic heterocycles. The molecule has 0 atom stereocenters. The molecule has 2 amide bonds. The maximum absolute atomic E-state index is 11.7. The number of likely N-dealkylation sites (N-methyl/N-ethyl adjacent to an activating group) is 1. The van der Waals surface area contributed by atoms with Crippen LogP contribution in [-0.4, -0.2) is 53.5 Å². The molecule has 0 bridgehead atoms. The number of rotatable bonds is 4. The van der Waals surface area contributed by atoms with Crippen LogP contribution in [0.5, 0.6) is 0 Å². The Kier molecular flexibility index (Phi) is 4.45. The van der Waals surface area contributed by atoms with Gasteiger partial charge in [0, 0.05) is 7.05 Å². The molecular formula is C11H18N6O2. The van der Waals surface area contributed by atoms with Gasteiger partial charge in [0.2, 0.25) is 5.91 Å². The third-order valence-corrected chi connectivity index (χ3v) is 3.11. The van der Waals surface area contributed by atoms with Crippen molar-refractivity contribution in [2.75, 3.05) is 26.7 Å². The van der Waals surface area contributed by atoms with Gasteiger partial charge in [-0.3, -0.25) is 9.59 Å². The van der Waals surface area contributed by atoms with E-state index in [4.69, 9.17) is 0 Å². The van der Waals surface area contributed by atoms with Gasteiger partial charge in [0.05, 0.1) is 18.8 Å².